The van der Waals surface area contributed by atoms with E-state index < -0.39 is 12.0 Å². The Morgan fingerprint density at radius 1 is 1.36 bits per heavy atom. The first-order valence-electron chi connectivity index (χ1n) is 7.34. The van der Waals surface area contributed by atoms with Crippen molar-refractivity contribution in [2.24, 2.45) is 11.8 Å². The predicted octanol–water partition coefficient (Wildman–Crippen LogP) is 2.16. The van der Waals surface area contributed by atoms with Crippen LogP contribution < -0.4 is 4.74 Å². The van der Waals surface area contributed by atoms with Crippen LogP contribution in [0.4, 0.5) is 0 Å². The number of hydrogen-bond acceptors (Lipinski definition) is 4. The minimum absolute atomic E-state index is 0.270. The summed E-state index contributed by atoms with van der Waals surface area (Å²) in [6, 6.07) is 8.71. The van der Waals surface area contributed by atoms with Crippen molar-refractivity contribution in [2.75, 3.05) is 7.11 Å². The molecule has 0 spiro atoms. The highest BCUT2D eigenvalue weighted by Gasteiger charge is 2.47. The number of amides is 1. The molecule has 0 aromatic heterocycles. The molecule has 1 heterocycles. The third-order valence-corrected chi connectivity index (χ3v) is 3.83. The lowest BCUT2D eigenvalue weighted by Crippen LogP contribution is -2.36. The van der Waals surface area contributed by atoms with Crippen LogP contribution in [0.2, 0.25) is 0 Å². The maximum Gasteiger partial charge on any atom is 0.248 e. The Kier molecular flexibility index (Phi) is 4.81. The lowest BCUT2D eigenvalue weighted by molar-refractivity contribution is -0.131. The number of carbonyl (C=O) groups excluding carboxylic acids is 2. The summed E-state index contributed by atoms with van der Waals surface area (Å²) in [5.74, 6) is -0.848. The zero-order chi connectivity index (χ0) is 16.3. The molecule has 0 N–H and O–H groups in total. The molecule has 1 aromatic rings. The van der Waals surface area contributed by atoms with Crippen molar-refractivity contribution in [1.29, 1.82) is 5.26 Å². The normalized spacial score (nSPS) is 21.3. The Morgan fingerprint density at radius 3 is 2.68 bits per heavy atom. The lowest BCUT2D eigenvalue weighted by Gasteiger charge is -2.25. The average molecular weight is 300 g/mol. The van der Waals surface area contributed by atoms with Crippen LogP contribution >= 0.6 is 0 Å². The molecule has 1 saturated heterocycles. The molecule has 1 unspecified atom stereocenters. The molecule has 1 aromatic carbocycles. The molecule has 5 heteroatoms. The third-order valence-electron chi connectivity index (χ3n) is 3.83. The minimum Gasteiger partial charge on any atom is -0.497 e. The van der Waals surface area contributed by atoms with Crippen molar-refractivity contribution >= 4 is 11.7 Å². The van der Waals surface area contributed by atoms with Crippen molar-refractivity contribution in [2.45, 2.75) is 32.9 Å². The summed E-state index contributed by atoms with van der Waals surface area (Å²) in [6.45, 7) is 4.32. The second-order valence-corrected chi connectivity index (χ2v) is 5.93. The van der Waals surface area contributed by atoms with Crippen LogP contribution in [0, 0.1) is 23.2 Å². The molecule has 1 aliphatic rings. The minimum atomic E-state index is -1.16. The van der Waals surface area contributed by atoms with Gasteiger partial charge in [-0.1, -0.05) is 26.0 Å². The molecule has 5 nitrogen and oxygen atoms in total. The van der Waals surface area contributed by atoms with E-state index in [9.17, 15) is 9.59 Å². The van der Waals surface area contributed by atoms with E-state index >= 15 is 0 Å². The van der Waals surface area contributed by atoms with Crippen LogP contribution in [0.1, 0.15) is 25.8 Å². The summed E-state index contributed by atoms with van der Waals surface area (Å²) < 4.78 is 5.18. The Balaban J connectivity index is 2.27. The number of hydrogen-bond donors (Lipinski definition) is 0. The van der Waals surface area contributed by atoms with Crippen LogP contribution in [0.25, 0.3) is 0 Å². The maximum absolute atomic E-state index is 12.3. The van der Waals surface area contributed by atoms with E-state index in [2.05, 4.69) is 0 Å². The first-order chi connectivity index (χ1) is 10.5. The van der Waals surface area contributed by atoms with Gasteiger partial charge in [0.25, 0.3) is 0 Å². The van der Waals surface area contributed by atoms with Gasteiger partial charge in [-0.05, 0) is 30.0 Å². The van der Waals surface area contributed by atoms with E-state index in [-0.39, 0.29) is 17.6 Å². The van der Waals surface area contributed by atoms with Crippen molar-refractivity contribution in [3.63, 3.8) is 0 Å². The first kappa shape index (κ1) is 16.0. The van der Waals surface area contributed by atoms with Gasteiger partial charge in [-0.15, -0.1) is 0 Å². The molecule has 1 fully saturated rings. The Morgan fingerprint density at radius 2 is 2.09 bits per heavy atom. The van der Waals surface area contributed by atoms with Gasteiger partial charge in [0, 0.05) is 6.54 Å². The van der Waals surface area contributed by atoms with Crippen LogP contribution in [0.3, 0.4) is 0 Å². The van der Waals surface area contributed by atoms with Crippen LogP contribution in [-0.2, 0) is 16.1 Å². The van der Waals surface area contributed by atoms with Crippen molar-refractivity contribution in [3.8, 4) is 11.8 Å². The molecule has 116 valence electrons. The number of carbonyl (C=O) groups is 2. The largest absolute Gasteiger partial charge is 0.497 e. The van der Waals surface area contributed by atoms with Gasteiger partial charge in [-0.2, -0.15) is 5.26 Å². The Hall–Kier alpha value is -2.35. The predicted molar refractivity (Wildman–Crippen MR) is 80.9 cm³/mol. The number of ketones is 1. The fourth-order valence-corrected chi connectivity index (χ4v) is 2.75. The first-order valence-corrected chi connectivity index (χ1v) is 7.34. The number of Topliss-reactive ketones (excluding diaryl/α,β-unsaturated/α-hetero) is 1. The molecule has 2 rings (SSSR count). The topological polar surface area (TPSA) is 70.4 Å². The summed E-state index contributed by atoms with van der Waals surface area (Å²) in [6.07, 6.45) is 0.576. The zero-order valence-electron chi connectivity index (χ0n) is 13.1. The van der Waals surface area contributed by atoms with E-state index in [1.807, 2.05) is 44.2 Å². The second kappa shape index (κ2) is 6.61. The zero-order valence-corrected chi connectivity index (χ0v) is 13.1. The number of benzene rings is 1. The molecule has 1 amide bonds. The Bertz CT molecular complexity index is 619. The van der Waals surface area contributed by atoms with Gasteiger partial charge in [0.15, 0.2) is 11.7 Å². The van der Waals surface area contributed by atoms with Crippen LogP contribution in [0.15, 0.2) is 24.3 Å². The molecular weight excluding hydrogens is 280 g/mol. The van der Waals surface area contributed by atoms with Gasteiger partial charge >= 0.3 is 0 Å². The van der Waals surface area contributed by atoms with Gasteiger partial charge in [0.2, 0.25) is 5.91 Å². The molecular formula is C17H20N2O3. The molecule has 0 saturated carbocycles. The number of methoxy groups -OCH3 is 1. The fourth-order valence-electron chi connectivity index (χ4n) is 2.75. The number of nitrogens with zero attached hydrogens (tertiary/aromatic N) is 2. The van der Waals surface area contributed by atoms with Crippen LogP contribution in [-0.4, -0.2) is 29.7 Å². The molecule has 0 bridgehead atoms. The quantitative estimate of drug-likeness (QED) is 0.781. The van der Waals surface area contributed by atoms with E-state index in [1.165, 1.54) is 4.90 Å². The summed E-state index contributed by atoms with van der Waals surface area (Å²) in [5, 5.41) is 9.09. The van der Waals surface area contributed by atoms with Gasteiger partial charge in [0.05, 0.1) is 19.2 Å². The summed E-state index contributed by atoms with van der Waals surface area (Å²) >= 11 is 0. The smallest absolute Gasteiger partial charge is 0.248 e. The van der Waals surface area contributed by atoms with Crippen molar-refractivity contribution < 1.29 is 14.3 Å². The summed E-state index contributed by atoms with van der Waals surface area (Å²) in [5.41, 5.74) is 0.882. The second-order valence-electron chi connectivity index (χ2n) is 5.93. The number of likely N-dealkylation sites (tertiary alicyclic amines) is 1. The fraction of sp³-hybridized carbons (Fsp3) is 0.471. The molecule has 1 aliphatic heterocycles. The van der Waals surface area contributed by atoms with Gasteiger partial charge in [-0.3, -0.25) is 9.59 Å². The van der Waals surface area contributed by atoms with E-state index in [0.717, 1.165) is 5.56 Å². The average Bonchev–Trinajstić information content (AvgIpc) is 2.71. The highest BCUT2D eigenvalue weighted by Crippen LogP contribution is 2.28. The van der Waals surface area contributed by atoms with E-state index in [0.29, 0.717) is 18.7 Å². The molecule has 0 radical (unpaired) electrons. The van der Waals surface area contributed by atoms with E-state index in [4.69, 9.17) is 10.00 Å². The van der Waals surface area contributed by atoms with Gasteiger partial charge in [0.1, 0.15) is 5.75 Å². The lowest BCUT2D eigenvalue weighted by atomic mass is 9.97. The monoisotopic (exact) mass is 300 g/mol. The van der Waals surface area contributed by atoms with Crippen molar-refractivity contribution in [1.82, 2.24) is 4.90 Å². The van der Waals surface area contributed by atoms with Gasteiger partial charge in [-0.25, -0.2) is 0 Å². The molecule has 0 aliphatic carbocycles. The highest BCUT2D eigenvalue weighted by atomic mass is 16.5. The summed E-state index contributed by atoms with van der Waals surface area (Å²) in [7, 11) is 1.58. The number of nitriles is 1. The standard InChI is InChI=1S/C17H20N2O3/c1-11(2)7-15-16(20)14(9-18)17(21)19(15)10-12-5-4-6-13(8-12)22-3/h4-6,8,11,14-15H,7,10H2,1-3H3/t14?,15-/m0/s1. The molecule has 22 heavy (non-hydrogen) atoms. The third kappa shape index (κ3) is 3.11. The number of ether oxygens (including phenoxy) is 1. The summed E-state index contributed by atoms with van der Waals surface area (Å²) in [4.78, 5) is 26.2. The maximum atomic E-state index is 12.3. The van der Waals surface area contributed by atoms with Crippen LogP contribution in [0.5, 0.6) is 5.75 Å². The Labute approximate surface area is 130 Å². The van der Waals surface area contributed by atoms with Gasteiger partial charge < -0.3 is 9.64 Å². The van der Waals surface area contributed by atoms with E-state index in [1.54, 1.807) is 7.11 Å². The van der Waals surface area contributed by atoms with Crippen molar-refractivity contribution in [3.05, 3.63) is 29.8 Å². The highest BCUT2D eigenvalue weighted by molar-refractivity contribution is 6.12. The SMILES string of the molecule is COc1cccc(CN2C(=O)C(C#N)C(=O)[C@@H]2CC(C)C)c1. The number of rotatable bonds is 5. The molecule has 2 atom stereocenters.